The summed E-state index contributed by atoms with van der Waals surface area (Å²) in [5, 5.41) is 8.93. The number of hydrogen-bond acceptors (Lipinski definition) is 4. The van der Waals surface area contributed by atoms with E-state index in [2.05, 4.69) is 22.9 Å². The molecule has 1 aromatic heterocycles. The summed E-state index contributed by atoms with van der Waals surface area (Å²) in [4.78, 5) is 20.0. The molecule has 33 heavy (non-hydrogen) atoms. The number of carbonyl (C=O) groups excluding carboxylic acids is 1. The summed E-state index contributed by atoms with van der Waals surface area (Å²) < 4.78 is 21.1. The van der Waals surface area contributed by atoms with Gasteiger partial charge >= 0.3 is 0 Å². The molecule has 0 radical (unpaired) electrons. The van der Waals surface area contributed by atoms with Crippen molar-refractivity contribution in [1.82, 2.24) is 9.88 Å². The van der Waals surface area contributed by atoms with Crippen molar-refractivity contribution >= 4 is 5.91 Å². The number of fused-ring (bicyclic) bond motifs is 6. The van der Waals surface area contributed by atoms with E-state index in [1.165, 1.54) is 0 Å². The molecule has 0 spiro atoms. The topological polar surface area (TPSA) is 66.2 Å². The Bertz CT molecular complexity index is 1250. The Balaban J connectivity index is 1.30. The lowest BCUT2D eigenvalue weighted by molar-refractivity contribution is -0.142. The van der Waals surface area contributed by atoms with Gasteiger partial charge < -0.3 is 9.64 Å². The number of nitrogens with zero attached hydrogens (tertiary/aromatic N) is 3. The average molecular weight is 442 g/mol. The molecule has 166 valence electrons. The van der Waals surface area contributed by atoms with Crippen LogP contribution in [0.1, 0.15) is 66.8 Å². The van der Waals surface area contributed by atoms with Gasteiger partial charge in [0, 0.05) is 29.9 Å². The van der Waals surface area contributed by atoms with E-state index in [9.17, 15) is 9.18 Å². The highest BCUT2D eigenvalue weighted by Gasteiger charge is 2.61. The van der Waals surface area contributed by atoms with Crippen LogP contribution in [0.25, 0.3) is 0 Å². The number of benzene rings is 1. The van der Waals surface area contributed by atoms with Crippen LogP contribution < -0.4 is 4.74 Å². The number of likely N-dealkylation sites (tertiary alicyclic amines) is 1. The lowest BCUT2D eigenvalue weighted by atomic mass is 9.82. The molecule has 0 N–H and O–H groups in total. The summed E-state index contributed by atoms with van der Waals surface area (Å²) >= 11 is 0. The van der Waals surface area contributed by atoms with Gasteiger partial charge in [0.05, 0.1) is 36.1 Å². The number of ether oxygens (including phenoxy) is 1. The smallest absolute Gasteiger partial charge is 0.229 e. The number of rotatable bonds is 2. The molecule has 3 fully saturated rings. The molecule has 1 saturated heterocycles. The van der Waals surface area contributed by atoms with Gasteiger partial charge in [-0.3, -0.25) is 9.78 Å². The third-order valence-corrected chi connectivity index (χ3v) is 7.85. The molecule has 2 saturated carbocycles. The zero-order valence-corrected chi connectivity index (χ0v) is 18.3. The second-order valence-electron chi connectivity index (χ2n) is 9.95. The van der Waals surface area contributed by atoms with Gasteiger partial charge in [-0.1, -0.05) is 24.0 Å². The first-order valence-electron chi connectivity index (χ1n) is 11.6. The minimum absolute atomic E-state index is 0.0808. The van der Waals surface area contributed by atoms with Gasteiger partial charge in [0.25, 0.3) is 0 Å². The second-order valence-corrected chi connectivity index (χ2v) is 9.95. The van der Waals surface area contributed by atoms with Crippen LogP contribution in [-0.4, -0.2) is 34.1 Å². The van der Waals surface area contributed by atoms with Gasteiger partial charge in [0.2, 0.25) is 5.91 Å². The second kappa shape index (κ2) is 7.32. The molecule has 6 heteroatoms. The number of aromatic nitrogens is 1. The molecule has 4 bridgehead atoms. The maximum absolute atomic E-state index is 14.8. The molecule has 4 aliphatic rings. The van der Waals surface area contributed by atoms with E-state index in [0.717, 1.165) is 23.1 Å². The SMILES string of the molecule is N#CCc1cccc(C#Cc2cncc3c2O[C@H]2C[C@@H]3N(C(=O)C34CCC(F)(CC3)C4)C2)c1. The van der Waals surface area contributed by atoms with Crippen molar-refractivity contribution in [3.05, 3.63) is 58.9 Å². The first-order valence-corrected chi connectivity index (χ1v) is 11.6. The summed E-state index contributed by atoms with van der Waals surface area (Å²) in [7, 11) is 0. The van der Waals surface area contributed by atoms with Gasteiger partial charge in [-0.15, -0.1) is 0 Å². The third kappa shape index (κ3) is 3.28. The Morgan fingerprint density at radius 2 is 2.09 bits per heavy atom. The minimum Gasteiger partial charge on any atom is -0.487 e. The van der Waals surface area contributed by atoms with Crippen molar-refractivity contribution in [1.29, 1.82) is 5.26 Å². The van der Waals surface area contributed by atoms with Crippen molar-refractivity contribution in [3.63, 3.8) is 0 Å². The fraction of sp³-hybridized carbons (Fsp3) is 0.444. The van der Waals surface area contributed by atoms with E-state index in [4.69, 9.17) is 10.00 Å². The maximum atomic E-state index is 14.8. The van der Waals surface area contributed by atoms with Gasteiger partial charge in [0.1, 0.15) is 17.5 Å². The Labute approximate surface area is 192 Å². The number of pyridine rings is 1. The van der Waals surface area contributed by atoms with E-state index < -0.39 is 11.1 Å². The zero-order chi connectivity index (χ0) is 22.6. The highest BCUT2D eigenvalue weighted by atomic mass is 19.1. The van der Waals surface area contributed by atoms with Crippen molar-refractivity contribution in [2.75, 3.05) is 6.54 Å². The monoisotopic (exact) mass is 441 g/mol. The largest absolute Gasteiger partial charge is 0.487 e. The lowest BCUT2D eigenvalue weighted by Crippen LogP contribution is -2.41. The van der Waals surface area contributed by atoms with E-state index >= 15 is 0 Å². The van der Waals surface area contributed by atoms with E-state index in [1.807, 2.05) is 29.2 Å². The molecular weight excluding hydrogens is 417 g/mol. The van der Waals surface area contributed by atoms with Crippen LogP contribution in [0.15, 0.2) is 36.7 Å². The molecule has 1 amide bonds. The molecule has 3 heterocycles. The van der Waals surface area contributed by atoms with Crippen LogP contribution in [0.4, 0.5) is 4.39 Å². The number of amides is 1. The molecule has 6 rings (SSSR count). The van der Waals surface area contributed by atoms with Crippen LogP contribution >= 0.6 is 0 Å². The molecule has 2 atom stereocenters. The Morgan fingerprint density at radius 1 is 1.24 bits per heavy atom. The first-order chi connectivity index (χ1) is 16.0. The zero-order valence-electron chi connectivity index (χ0n) is 18.3. The number of nitriles is 1. The fourth-order valence-electron chi connectivity index (χ4n) is 6.21. The summed E-state index contributed by atoms with van der Waals surface area (Å²) in [6, 6.07) is 9.70. The van der Waals surface area contributed by atoms with Gasteiger partial charge in [0.15, 0.2) is 0 Å². The fourth-order valence-corrected chi connectivity index (χ4v) is 6.21. The number of alkyl halides is 1. The van der Waals surface area contributed by atoms with Crippen molar-refractivity contribution in [2.45, 2.75) is 62.8 Å². The van der Waals surface area contributed by atoms with E-state index in [-0.39, 0.29) is 18.1 Å². The highest BCUT2D eigenvalue weighted by molar-refractivity contribution is 5.85. The number of halogens is 1. The van der Waals surface area contributed by atoms with Gasteiger partial charge in [-0.25, -0.2) is 4.39 Å². The van der Waals surface area contributed by atoms with E-state index in [0.29, 0.717) is 56.4 Å². The standard InChI is InChI=1S/C27H24FN3O2/c28-27-9-7-26(17-27,8-10-27)25(32)31-16-21-13-23(31)22-15-30-14-20(24(22)33-21)5-4-18-2-1-3-19(12-18)6-11-29/h1-3,12,14-15,21,23H,6-10,13,16-17H2/t21-,23-,26?,27?/m0/s1. The molecule has 2 aromatic rings. The minimum atomic E-state index is -1.15. The molecule has 0 unspecified atom stereocenters. The van der Waals surface area contributed by atoms with Crippen LogP contribution in [0.2, 0.25) is 0 Å². The number of hydrogen-bond donors (Lipinski definition) is 0. The quantitative estimate of drug-likeness (QED) is 0.654. The molecular formula is C27H24FN3O2. The van der Waals surface area contributed by atoms with Crippen LogP contribution in [-0.2, 0) is 11.2 Å². The Morgan fingerprint density at radius 3 is 2.85 bits per heavy atom. The highest BCUT2D eigenvalue weighted by Crippen LogP contribution is 2.60. The predicted molar refractivity (Wildman–Crippen MR) is 119 cm³/mol. The maximum Gasteiger partial charge on any atom is 0.229 e. The van der Waals surface area contributed by atoms with Crippen molar-refractivity contribution in [2.24, 2.45) is 5.41 Å². The molecule has 5 nitrogen and oxygen atoms in total. The lowest BCUT2D eigenvalue weighted by Gasteiger charge is -2.33. The first kappa shape index (κ1) is 20.2. The summed E-state index contributed by atoms with van der Waals surface area (Å²) in [5.74, 6) is 7.14. The average Bonchev–Trinajstić information content (AvgIpc) is 3.47. The number of carbonyl (C=O) groups is 1. The predicted octanol–water partition coefficient (Wildman–Crippen LogP) is 4.25. The Kier molecular flexibility index (Phi) is 4.49. The van der Waals surface area contributed by atoms with Crippen molar-refractivity contribution in [3.8, 4) is 23.7 Å². The van der Waals surface area contributed by atoms with Crippen LogP contribution in [0.5, 0.6) is 5.75 Å². The normalized spacial score (nSPS) is 30.7. The van der Waals surface area contributed by atoms with Crippen molar-refractivity contribution < 1.29 is 13.9 Å². The van der Waals surface area contributed by atoms with Gasteiger partial charge in [-0.05, 0) is 49.8 Å². The van der Waals surface area contributed by atoms with Crippen LogP contribution in [0.3, 0.4) is 0 Å². The molecule has 1 aromatic carbocycles. The third-order valence-electron chi connectivity index (χ3n) is 7.85. The van der Waals surface area contributed by atoms with Gasteiger partial charge in [-0.2, -0.15) is 5.26 Å². The summed E-state index contributed by atoms with van der Waals surface area (Å²) in [6.07, 6.45) is 7.17. The summed E-state index contributed by atoms with van der Waals surface area (Å²) in [5.41, 5.74) is 1.66. The Hall–Kier alpha value is -3.38. The molecule has 2 aliphatic carbocycles. The summed E-state index contributed by atoms with van der Waals surface area (Å²) in [6.45, 7) is 0.530. The van der Waals surface area contributed by atoms with E-state index in [1.54, 1.807) is 12.4 Å². The van der Waals surface area contributed by atoms with Crippen LogP contribution in [0, 0.1) is 28.6 Å². The molecule has 2 aliphatic heterocycles.